The number of nitrogens with one attached hydrogen (secondary N) is 1. The van der Waals surface area contributed by atoms with E-state index in [1.165, 1.54) is 43.9 Å². The predicted octanol–water partition coefficient (Wildman–Crippen LogP) is 5.32. The van der Waals surface area contributed by atoms with E-state index in [0.717, 1.165) is 37.2 Å². The number of carbonyl (C=O) groups is 2. The summed E-state index contributed by atoms with van der Waals surface area (Å²) in [4.78, 5) is 29.4. The van der Waals surface area contributed by atoms with Crippen molar-refractivity contribution < 1.29 is 9.59 Å². The van der Waals surface area contributed by atoms with E-state index in [2.05, 4.69) is 35.3 Å². The van der Waals surface area contributed by atoms with Gasteiger partial charge in [-0.3, -0.25) is 9.59 Å². The van der Waals surface area contributed by atoms with Crippen LogP contribution in [0.5, 0.6) is 0 Å². The second kappa shape index (κ2) is 9.13. The molecule has 1 saturated heterocycles. The molecule has 5 nitrogen and oxygen atoms in total. The molecule has 2 aliphatic rings. The van der Waals surface area contributed by atoms with Gasteiger partial charge in [-0.1, -0.05) is 13.0 Å². The fraction of sp³-hybridized carbons (Fsp3) is 0.462. The van der Waals surface area contributed by atoms with Crippen molar-refractivity contribution in [3.63, 3.8) is 0 Å². The molecule has 4 rings (SSSR count). The Morgan fingerprint density at radius 2 is 1.90 bits per heavy atom. The predicted molar refractivity (Wildman–Crippen MR) is 127 cm³/mol. The van der Waals surface area contributed by atoms with Crippen LogP contribution in [0.4, 0.5) is 17.1 Å². The Morgan fingerprint density at radius 3 is 2.68 bits per heavy atom. The highest BCUT2D eigenvalue weighted by Crippen LogP contribution is 2.35. The van der Waals surface area contributed by atoms with E-state index in [0.29, 0.717) is 17.3 Å². The highest BCUT2D eigenvalue weighted by atomic mass is 16.2. The SMILES string of the molecule is CCC1CCCCN1c1ccc2c(c1)CCCN2C(=O)c1ccc(C)c(NC(C)=O)c1. The monoisotopic (exact) mass is 419 g/mol. The van der Waals surface area contributed by atoms with Crippen molar-refractivity contribution in [2.45, 2.75) is 65.3 Å². The van der Waals surface area contributed by atoms with Gasteiger partial charge < -0.3 is 15.1 Å². The summed E-state index contributed by atoms with van der Waals surface area (Å²) >= 11 is 0. The van der Waals surface area contributed by atoms with Gasteiger partial charge in [0.05, 0.1) is 0 Å². The van der Waals surface area contributed by atoms with Crippen LogP contribution in [-0.2, 0) is 11.2 Å². The maximum absolute atomic E-state index is 13.4. The molecule has 1 atom stereocenters. The van der Waals surface area contributed by atoms with Crippen LogP contribution in [-0.4, -0.2) is 30.9 Å². The number of nitrogens with zero attached hydrogens (tertiary/aromatic N) is 2. The van der Waals surface area contributed by atoms with Crippen LogP contribution in [0, 0.1) is 6.92 Å². The van der Waals surface area contributed by atoms with Gasteiger partial charge >= 0.3 is 0 Å². The molecule has 1 N–H and O–H groups in total. The maximum atomic E-state index is 13.4. The van der Waals surface area contributed by atoms with E-state index in [-0.39, 0.29) is 11.8 Å². The largest absolute Gasteiger partial charge is 0.369 e. The van der Waals surface area contributed by atoms with E-state index in [1.54, 1.807) is 6.07 Å². The summed E-state index contributed by atoms with van der Waals surface area (Å²) < 4.78 is 0. The number of hydrogen-bond acceptors (Lipinski definition) is 3. The molecule has 2 amide bonds. The Kier molecular flexibility index (Phi) is 6.30. The average molecular weight is 420 g/mol. The van der Waals surface area contributed by atoms with Gasteiger partial charge in [-0.25, -0.2) is 0 Å². The lowest BCUT2D eigenvalue weighted by molar-refractivity contribution is -0.114. The minimum Gasteiger partial charge on any atom is -0.369 e. The standard InChI is InChI=1S/C26H33N3O2/c1-4-22-9-5-6-14-28(22)23-12-13-25-20(16-23)8-7-15-29(25)26(31)21-11-10-18(2)24(17-21)27-19(3)30/h10-13,16-17,22H,4-9,14-15H2,1-3H3,(H,27,30). The lowest BCUT2D eigenvalue weighted by Gasteiger charge is -2.38. The first kappa shape index (κ1) is 21.4. The number of piperidine rings is 1. The molecule has 2 heterocycles. The fourth-order valence-electron chi connectivity index (χ4n) is 4.97. The van der Waals surface area contributed by atoms with E-state index in [1.807, 2.05) is 24.0 Å². The lowest BCUT2D eigenvalue weighted by Crippen LogP contribution is -2.39. The summed E-state index contributed by atoms with van der Waals surface area (Å²) in [6.45, 7) is 7.53. The summed E-state index contributed by atoms with van der Waals surface area (Å²) in [5.41, 5.74) is 5.82. The summed E-state index contributed by atoms with van der Waals surface area (Å²) in [6, 6.07) is 12.8. The molecule has 0 bridgehead atoms. The van der Waals surface area contributed by atoms with Crippen molar-refractivity contribution in [3.8, 4) is 0 Å². The quantitative estimate of drug-likeness (QED) is 0.730. The molecule has 0 spiro atoms. The zero-order valence-corrected chi connectivity index (χ0v) is 18.9. The molecule has 0 radical (unpaired) electrons. The summed E-state index contributed by atoms with van der Waals surface area (Å²) in [5.74, 6) is -0.142. The molecule has 0 saturated carbocycles. The Bertz CT molecular complexity index is 985. The van der Waals surface area contributed by atoms with E-state index in [9.17, 15) is 9.59 Å². The summed E-state index contributed by atoms with van der Waals surface area (Å²) in [6.07, 6.45) is 6.97. The smallest absolute Gasteiger partial charge is 0.258 e. The minimum absolute atomic E-state index is 0.00953. The molecule has 5 heteroatoms. The number of fused-ring (bicyclic) bond motifs is 1. The van der Waals surface area contributed by atoms with Crippen molar-refractivity contribution >= 4 is 28.9 Å². The zero-order chi connectivity index (χ0) is 22.0. The Hall–Kier alpha value is -2.82. The molecule has 0 aromatic heterocycles. The van der Waals surface area contributed by atoms with Gasteiger partial charge in [0.15, 0.2) is 0 Å². The van der Waals surface area contributed by atoms with Gasteiger partial charge in [-0.2, -0.15) is 0 Å². The highest BCUT2D eigenvalue weighted by molar-refractivity contribution is 6.08. The topological polar surface area (TPSA) is 52.6 Å². The van der Waals surface area contributed by atoms with Gasteiger partial charge in [0.1, 0.15) is 0 Å². The molecule has 1 fully saturated rings. The molecule has 31 heavy (non-hydrogen) atoms. The van der Waals surface area contributed by atoms with Crippen molar-refractivity contribution in [1.29, 1.82) is 0 Å². The average Bonchev–Trinajstić information content (AvgIpc) is 2.79. The normalized spacial score (nSPS) is 18.5. The van der Waals surface area contributed by atoms with Crippen molar-refractivity contribution in [1.82, 2.24) is 0 Å². The van der Waals surface area contributed by atoms with Crippen molar-refractivity contribution in [2.75, 3.05) is 28.2 Å². The van der Waals surface area contributed by atoms with Crippen LogP contribution in [0.25, 0.3) is 0 Å². The third-order valence-corrected chi connectivity index (χ3v) is 6.65. The maximum Gasteiger partial charge on any atom is 0.258 e. The van der Waals surface area contributed by atoms with Crippen LogP contribution < -0.4 is 15.1 Å². The number of benzene rings is 2. The summed E-state index contributed by atoms with van der Waals surface area (Å²) in [5, 5.41) is 2.83. The molecule has 2 aromatic carbocycles. The Morgan fingerprint density at radius 1 is 1.06 bits per heavy atom. The second-order valence-corrected chi connectivity index (χ2v) is 8.84. The number of rotatable bonds is 4. The van der Waals surface area contributed by atoms with Gasteiger partial charge in [0.25, 0.3) is 5.91 Å². The molecule has 1 unspecified atom stereocenters. The highest BCUT2D eigenvalue weighted by Gasteiger charge is 2.26. The lowest BCUT2D eigenvalue weighted by atomic mass is 9.96. The third-order valence-electron chi connectivity index (χ3n) is 6.65. The molecular weight excluding hydrogens is 386 g/mol. The van der Waals surface area contributed by atoms with Gasteiger partial charge in [-0.05, 0) is 86.9 Å². The first-order valence-corrected chi connectivity index (χ1v) is 11.6. The molecule has 164 valence electrons. The van der Waals surface area contributed by atoms with Crippen LogP contribution >= 0.6 is 0 Å². The van der Waals surface area contributed by atoms with E-state index in [4.69, 9.17) is 0 Å². The number of amides is 2. The number of aryl methyl sites for hydroxylation is 2. The van der Waals surface area contributed by atoms with Gasteiger partial charge in [0, 0.05) is 48.7 Å². The van der Waals surface area contributed by atoms with E-state index >= 15 is 0 Å². The molecular formula is C26H33N3O2. The molecule has 0 aliphatic carbocycles. The van der Waals surface area contributed by atoms with Gasteiger partial charge in [0.2, 0.25) is 5.91 Å². The molecule has 2 aliphatic heterocycles. The molecule has 2 aromatic rings. The van der Waals surface area contributed by atoms with Crippen molar-refractivity contribution in [3.05, 3.63) is 53.1 Å². The van der Waals surface area contributed by atoms with Crippen LogP contribution in [0.1, 0.15) is 67.4 Å². The second-order valence-electron chi connectivity index (χ2n) is 8.84. The first-order chi connectivity index (χ1) is 15.0. The Balaban J connectivity index is 1.61. The number of hydrogen-bond donors (Lipinski definition) is 1. The van der Waals surface area contributed by atoms with Gasteiger partial charge in [-0.15, -0.1) is 0 Å². The van der Waals surface area contributed by atoms with Crippen LogP contribution in [0.3, 0.4) is 0 Å². The minimum atomic E-state index is -0.133. The third kappa shape index (κ3) is 4.46. The fourth-order valence-corrected chi connectivity index (χ4v) is 4.97. The van der Waals surface area contributed by atoms with Crippen molar-refractivity contribution in [2.24, 2.45) is 0 Å². The number of anilines is 3. The first-order valence-electron chi connectivity index (χ1n) is 11.6. The van der Waals surface area contributed by atoms with Crippen LogP contribution in [0.2, 0.25) is 0 Å². The van der Waals surface area contributed by atoms with Crippen LogP contribution in [0.15, 0.2) is 36.4 Å². The zero-order valence-electron chi connectivity index (χ0n) is 18.9. The Labute approximate surface area is 185 Å². The number of carbonyl (C=O) groups excluding carboxylic acids is 2. The summed E-state index contributed by atoms with van der Waals surface area (Å²) in [7, 11) is 0. The van der Waals surface area contributed by atoms with E-state index < -0.39 is 0 Å².